The van der Waals surface area contributed by atoms with Crippen molar-refractivity contribution >= 4 is 6.09 Å². The zero-order chi connectivity index (χ0) is 18.2. The summed E-state index contributed by atoms with van der Waals surface area (Å²) in [6.07, 6.45) is 3.75. The molecule has 2 aliphatic rings. The maximum absolute atomic E-state index is 13.5. The third-order valence-electron chi connectivity index (χ3n) is 4.80. The van der Waals surface area contributed by atoms with Crippen molar-refractivity contribution in [1.29, 1.82) is 0 Å². The molecule has 0 aromatic carbocycles. The summed E-state index contributed by atoms with van der Waals surface area (Å²) in [6, 6.07) is 3.60. The van der Waals surface area contributed by atoms with E-state index in [-0.39, 0.29) is 24.3 Å². The van der Waals surface area contributed by atoms with Crippen molar-refractivity contribution in [3.8, 4) is 5.88 Å². The number of amides is 1. The molecule has 1 unspecified atom stereocenters. The Morgan fingerprint density at radius 3 is 2.52 bits per heavy atom. The summed E-state index contributed by atoms with van der Waals surface area (Å²) in [6.45, 7) is 7.15. The lowest BCUT2D eigenvalue weighted by Crippen LogP contribution is -2.50. The predicted octanol–water partition coefficient (Wildman–Crippen LogP) is 4.42. The van der Waals surface area contributed by atoms with Crippen LogP contribution < -0.4 is 4.74 Å². The Labute approximate surface area is 148 Å². The van der Waals surface area contributed by atoms with Crippen LogP contribution in [0.4, 0.5) is 9.18 Å². The van der Waals surface area contributed by atoms with Crippen LogP contribution in [0.1, 0.15) is 65.1 Å². The third kappa shape index (κ3) is 4.22. The minimum Gasteiger partial charge on any atom is -0.474 e. The van der Waals surface area contributed by atoms with Crippen LogP contribution in [0.3, 0.4) is 0 Å². The number of rotatable bonds is 3. The Bertz CT molecular complexity index is 615. The van der Waals surface area contributed by atoms with E-state index in [1.165, 1.54) is 6.92 Å². The van der Waals surface area contributed by atoms with Crippen LogP contribution in [0.15, 0.2) is 18.3 Å². The number of hydrogen-bond acceptors (Lipinski definition) is 4. The molecule has 0 aliphatic carbocycles. The lowest BCUT2D eigenvalue weighted by molar-refractivity contribution is -0.00761. The quantitative estimate of drug-likeness (QED) is 0.810. The molecule has 0 saturated carbocycles. The van der Waals surface area contributed by atoms with Crippen molar-refractivity contribution in [2.45, 2.75) is 83.3 Å². The van der Waals surface area contributed by atoms with Crippen molar-refractivity contribution in [1.82, 2.24) is 9.88 Å². The van der Waals surface area contributed by atoms with E-state index >= 15 is 0 Å². The fourth-order valence-corrected chi connectivity index (χ4v) is 3.74. The van der Waals surface area contributed by atoms with Crippen LogP contribution in [0.5, 0.6) is 5.88 Å². The minimum absolute atomic E-state index is 0.00569. The topological polar surface area (TPSA) is 51.7 Å². The van der Waals surface area contributed by atoms with Crippen molar-refractivity contribution in [2.75, 3.05) is 0 Å². The normalized spacial score (nSPS) is 27.1. The van der Waals surface area contributed by atoms with Gasteiger partial charge in [-0.05, 0) is 52.2 Å². The Balaban J connectivity index is 1.64. The van der Waals surface area contributed by atoms with Gasteiger partial charge in [0.25, 0.3) is 0 Å². The van der Waals surface area contributed by atoms with E-state index in [0.717, 1.165) is 25.7 Å². The van der Waals surface area contributed by atoms with Crippen LogP contribution in [0, 0.1) is 0 Å². The summed E-state index contributed by atoms with van der Waals surface area (Å²) in [4.78, 5) is 18.6. The number of piperidine rings is 1. The van der Waals surface area contributed by atoms with E-state index in [1.54, 1.807) is 18.3 Å². The molecule has 4 atom stereocenters. The molecule has 0 radical (unpaired) electrons. The largest absolute Gasteiger partial charge is 0.474 e. The Morgan fingerprint density at radius 1 is 1.32 bits per heavy atom. The lowest BCUT2D eigenvalue weighted by atomic mass is 10.00. The molecule has 6 heteroatoms. The third-order valence-corrected chi connectivity index (χ3v) is 4.80. The molecule has 5 nitrogen and oxygen atoms in total. The molecule has 2 bridgehead atoms. The van der Waals surface area contributed by atoms with Crippen molar-refractivity contribution in [3.05, 3.63) is 23.9 Å². The minimum atomic E-state index is -1.05. The van der Waals surface area contributed by atoms with Crippen LogP contribution in [-0.4, -0.2) is 39.8 Å². The summed E-state index contributed by atoms with van der Waals surface area (Å²) >= 11 is 0. The zero-order valence-electron chi connectivity index (χ0n) is 15.4. The van der Waals surface area contributed by atoms with Gasteiger partial charge >= 0.3 is 6.09 Å². The molecule has 3 rings (SSSR count). The van der Waals surface area contributed by atoms with Gasteiger partial charge in [-0.25, -0.2) is 14.2 Å². The molecule has 2 fully saturated rings. The molecule has 3 heterocycles. The SMILES string of the molecule is CC(F)c1ccnc(O[C@H]2C[C@H]3CC[C@@H](C2)N3C(=O)OC(C)(C)C)c1. The summed E-state index contributed by atoms with van der Waals surface area (Å²) in [5.41, 5.74) is 0.0799. The molecule has 2 aliphatic heterocycles. The highest BCUT2D eigenvalue weighted by Crippen LogP contribution is 2.38. The molecule has 0 N–H and O–H groups in total. The van der Waals surface area contributed by atoms with E-state index in [9.17, 15) is 9.18 Å². The number of fused-ring (bicyclic) bond motifs is 2. The van der Waals surface area contributed by atoms with Crippen LogP contribution in [0.25, 0.3) is 0 Å². The molecular weight excluding hydrogens is 323 g/mol. The summed E-state index contributed by atoms with van der Waals surface area (Å²) in [7, 11) is 0. The molecule has 138 valence electrons. The van der Waals surface area contributed by atoms with E-state index in [1.807, 2.05) is 25.7 Å². The predicted molar refractivity (Wildman–Crippen MR) is 92.3 cm³/mol. The van der Waals surface area contributed by atoms with E-state index in [2.05, 4.69) is 4.98 Å². The Hall–Kier alpha value is -1.85. The Kier molecular flexibility index (Phi) is 4.89. The van der Waals surface area contributed by atoms with Gasteiger partial charge in [0.05, 0.1) is 0 Å². The van der Waals surface area contributed by atoms with Crippen molar-refractivity contribution in [2.24, 2.45) is 0 Å². The second kappa shape index (κ2) is 6.81. The van der Waals surface area contributed by atoms with Crippen LogP contribution in [-0.2, 0) is 4.74 Å². The number of alkyl halides is 1. The maximum atomic E-state index is 13.5. The monoisotopic (exact) mass is 350 g/mol. The summed E-state index contributed by atoms with van der Waals surface area (Å²) in [5, 5.41) is 0. The van der Waals surface area contributed by atoms with Crippen LogP contribution in [0.2, 0.25) is 0 Å². The number of halogens is 1. The van der Waals surface area contributed by atoms with Crippen molar-refractivity contribution in [3.63, 3.8) is 0 Å². The number of hydrogen-bond donors (Lipinski definition) is 0. The fourth-order valence-electron chi connectivity index (χ4n) is 3.74. The molecule has 1 aromatic rings. The standard InChI is InChI=1S/C19H27FN2O3/c1-12(20)13-7-8-21-17(9-13)24-16-10-14-5-6-15(11-16)22(14)18(23)25-19(2,3)4/h7-9,12,14-16H,5-6,10-11H2,1-4H3/t12?,14-,15+,16+. The van der Waals surface area contributed by atoms with Gasteiger partial charge in [-0.15, -0.1) is 0 Å². The number of carbonyl (C=O) groups is 1. The first-order valence-corrected chi connectivity index (χ1v) is 9.01. The van der Waals surface area contributed by atoms with Gasteiger partial charge in [0.2, 0.25) is 5.88 Å². The van der Waals surface area contributed by atoms with Gasteiger partial charge in [-0.3, -0.25) is 0 Å². The smallest absolute Gasteiger partial charge is 0.410 e. The van der Waals surface area contributed by atoms with Gasteiger partial charge in [-0.2, -0.15) is 0 Å². The first kappa shape index (κ1) is 18.0. The second-order valence-electron chi connectivity index (χ2n) is 8.03. The van der Waals surface area contributed by atoms with Gasteiger partial charge in [0.15, 0.2) is 0 Å². The fraction of sp³-hybridized carbons (Fsp3) is 0.684. The van der Waals surface area contributed by atoms with E-state index in [4.69, 9.17) is 9.47 Å². The molecule has 1 aromatic heterocycles. The molecular formula is C19H27FN2O3. The number of carbonyl (C=O) groups excluding carboxylic acids is 1. The van der Waals surface area contributed by atoms with Crippen LogP contribution >= 0.6 is 0 Å². The van der Waals surface area contributed by atoms with Gasteiger partial charge in [0, 0.05) is 37.2 Å². The summed E-state index contributed by atoms with van der Waals surface area (Å²) < 4.78 is 25.0. The first-order chi connectivity index (χ1) is 11.7. The van der Waals surface area contributed by atoms with Gasteiger partial charge < -0.3 is 14.4 Å². The average Bonchev–Trinajstić information content (AvgIpc) is 2.77. The number of pyridine rings is 1. The van der Waals surface area contributed by atoms with Gasteiger partial charge in [0.1, 0.15) is 17.9 Å². The highest BCUT2D eigenvalue weighted by Gasteiger charge is 2.45. The second-order valence-corrected chi connectivity index (χ2v) is 8.03. The van der Waals surface area contributed by atoms with Gasteiger partial charge in [-0.1, -0.05) is 0 Å². The first-order valence-electron chi connectivity index (χ1n) is 9.01. The highest BCUT2D eigenvalue weighted by molar-refractivity contribution is 5.69. The number of ether oxygens (including phenoxy) is 2. The van der Waals surface area contributed by atoms with E-state index in [0.29, 0.717) is 11.4 Å². The number of nitrogens with zero attached hydrogens (tertiary/aromatic N) is 2. The molecule has 2 saturated heterocycles. The maximum Gasteiger partial charge on any atom is 0.410 e. The molecule has 0 spiro atoms. The summed E-state index contributed by atoms with van der Waals surface area (Å²) in [5.74, 6) is 0.456. The van der Waals surface area contributed by atoms with Crippen molar-refractivity contribution < 1.29 is 18.7 Å². The average molecular weight is 350 g/mol. The molecule has 1 amide bonds. The molecule has 25 heavy (non-hydrogen) atoms. The van der Waals surface area contributed by atoms with E-state index < -0.39 is 11.8 Å². The highest BCUT2D eigenvalue weighted by atomic mass is 19.1. The zero-order valence-corrected chi connectivity index (χ0v) is 15.4. The number of aromatic nitrogens is 1. The Morgan fingerprint density at radius 2 is 1.96 bits per heavy atom. The lowest BCUT2D eigenvalue weighted by Gasteiger charge is -2.39.